The molecule has 2 N–H and O–H groups in total. The molecular weight excluding hydrogens is 242 g/mol. The van der Waals surface area contributed by atoms with Crippen LogP contribution < -0.4 is 10.5 Å². The van der Waals surface area contributed by atoms with Crippen LogP contribution in [0.15, 0.2) is 18.2 Å². The smallest absolute Gasteiger partial charge is 0.122 e. The van der Waals surface area contributed by atoms with Crippen LogP contribution in [-0.2, 0) is 5.75 Å². The van der Waals surface area contributed by atoms with E-state index in [9.17, 15) is 0 Å². The lowest BCUT2D eigenvalue weighted by molar-refractivity contribution is 0.411. The molecule has 1 aromatic carbocycles. The van der Waals surface area contributed by atoms with Crippen LogP contribution in [0.3, 0.4) is 0 Å². The largest absolute Gasteiger partial charge is 0.496 e. The summed E-state index contributed by atoms with van der Waals surface area (Å²) < 4.78 is 5.38. The second-order valence-corrected chi connectivity index (χ2v) is 5.49. The highest BCUT2D eigenvalue weighted by atomic mass is 32.2. The number of thioether (sulfide) groups is 1. The van der Waals surface area contributed by atoms with Crippen LogP contribution in [0.2, 0.25) is 0 Å². The van der Waals surface area contributed by atoms with Gasteiger partial charge in [0.05, 0.1) is 13.7 Å². The number of nitrogens with two attached hydrogens (primary N) is 1. The first-order valence-electron chi connectivity index (χ1n) is 6.18. The van der Waals surface area contributed by atoms with Crippen molar-refractivity contribution in [2.75, 3.05) is 13.7 Å². The van der Waals surface area contributed by atoms with E-state index < -0.39 is 0 Å². The average Bonchev–Trinajstić information content (AvgIpc) is 2.42. The average molecular weight is 263 g/mol. The zero-order chi connectivity index (χ0) is 13.4. The fourth-order valence-electron chi connectivity index (χ4n) is 1.47. The van der Waals surface area contributed by atoms with Crippen LogP contribution in [0, 0.1) is 11.8 Å². The topological polar surface area (TPSA) is 35.2 Å². The third-order valence-corrected chi connectivity index (χ3v) is 4.09. The van der Waals surface area contributed by atoms with Crippen molar-refractivity contribution in [1.82, 2.24) is 0 Å². The molecule has 0 saturated carbocycles. The van der Waals surface area contributed by atoms with Crippen molar-refractivity contribution >= 4 is 11.8 Å². The van der Waals surface area contributed by atoms with E-state index in [1.165, 1.54) is 12.0 Å². The first-order chi connectivity index (χ1) is 8.71. The highest BCUT2D eigenvalue weighted by Gasteiger charge is 2.06. The maximum atomic E-state index is 5.38. The summed E-state index contributed by atoms with van der Waals surface area (Å²) in [6.07, 6.45) is 1.18. The first kappa shape index (κ1) is 14.9. The zero-order valence-corrected chi connectivity index (χ0v) is 12.1. The Balaban J connectivity index is 2.84. The lowest BCUT2D eigenvalue weighted by atomic mass is 10.1. The van der Waals surface area contributed by atoms with Crippen molar-refractivity contribution in [2.24, 2.45) is 5.73 Å². The second-order valence-electron chi connectivity index (χ2n) is 4.06. The molecule has 0 aliphatic rings. The summed E-state index contributed by atoms with van der Waals surface area (Å²) in [6, 6.07) is 6.04. The molecule has 0 fully saturated rings. The molecule has 0 aromatic heterocycles. The maximum Gasteiger partial charge on any atom is 0.122 e. The number of ether oxygens (including phenoxy) is 1. The quantitative estimate of drug-likeness (QED) is 0.829. The lowest BCUT2D eigenvalue weighted by Gasteiger charge is -2.11. The van der Waals surface area contributed by atoms with E-state index in [1.807, 2.05) is 23.9 Å². The van der Waals surface area contributed by atoms with Crippen LogP contribution in [-0.4, -0.2) is 18.9 Å². The number of methoxy groups -OCH3 is 1. The summed E-state index contributed by atoms with van der Waals surface area (Å²) in [5, 5.41) is 0.661. The molecule has 18 heavy (non-hydrogen) atoms. The normalized spacial score (nSPS) is 11.6. The van der Waals surface area contributed by atoms with Gasteiger partial charge in [-0.1, -0.05) is 25.7 Å². The van der Waals surface area contributed by atoms with Crippen LogP contribution in [0.5, 0.6) is 5.75 Å². The number of hydrogen-bond acceptors (Lipinski definition) is 3. The second kappa shape index (κ2) is 8.07. The van der Waals surface area contributed by atoms with E-state index in [1.54, 1.807) is 7.11 Å². The van der Waals surface area contributed by atoms with Crippen LogP contribution in [0.4, 0.5) is 0 Å². The Hall–Kier alpha value is -1.11. The van der Waals surface area contributed by atoms with Crippen LogP contribution in [0.25, 0.3) is 0 Å². The lowest BCUT2D eigenvalue weighted by Crippen LogP contribution is -1.97. The SMILES string of the molecule is CCC(C)SCc1cc(C#CCN)ccc1OC. The maximum absolute atomic E-state index is 5.38. The minimum Gasteiger partial charge on any atom is -0.496 e. The molecule has 0 bridgehead atoms. The fraction of sp³-hybridized carbons (Fsp3) is 0.467. The van der Waals surface area contributed by atoms with Crippen molar-refractivity contribution in [1.29, 1.82) is 0 Å². The Morgan fingerprint density at radius 3 is 2.83 bits per heavy atom. The van der Waals surface area contributed by atoms with Crippen molar-refractivity contribution in [3.63, 3.8) is 0 Å². The Labute approximate surface area is 114 Å². The summed E-state index contributed by atoms with van der Waals surface area (Å²) in [7, 11) is 1.71. The number of benzene rings is 1. The molecule has 2 nitrogen and oxygen atoms in total. The highest BCUT2D eigenvalue weighted by Crippen LogP contribution is 2.27. The van der Waals surface area contributed by atoms with Gasteiger partial charge in [-0.15, -0.1) is 0 Å². The zero-order valence-electron chi connectivity index (χ0n) is 11.3. The highest BCUT2D eigenvalue weighted by molar-refractivity contribution is 7.99. The molecule has 0 radical (unpaired) electrons. The standard InChI is InChI=1S/C15H21NOS/c1-4-12(2)18-11-14-10-13(6-5-9-16)7-8-15(14)17-3/h7-8,10,12H,4,9,11,16H2,1-3H3. The van der Waals surface area contributed by atoms with E-state index in [2.05, 4.69) is 31.8 Å². The molecule has 0 aliphatic carbocycles. The summed E-state index contributed by atoms with van der Waals surface area (Å²) in [4.78, 5) is 0. The Bertz CT molecular complexity index is 434. The van der Waals surface area contributed by atoms with Crippen LogP contribution >= 0.6 is 11.8 Å². The summed E-state index contributed by atoms with van der Waals surface area (Å²) in [5.74, 6) is 7.82. The van der Waals surface area contributed by atoms with Gasteiger partial charge in [-0.2, -0.15) is 11.8 Å². The van der Waals surface area contributed by atoms with Gasteiger partial charge in [0.2, 0.25) is 0 Å². The molecule has 1 aromatic rings. The van der Waals surface area contributed by atoms with Crippen molar-refractivity contribution < 1.29 is 4.74 Å². The van der Waals surface area contributed by atoms with E-state index in [-0.39, 0.29) is 0 Å². The van der Waals surface area contributed by atoms with Gasteiger partial charge >= 0.3 is 0 Å². The van der Waals surface area contributed by atoms with E-state index in [0.29, 0.717) is 11.8 Å². The minimum atomic E-state index is 0.392. The van der Waals surface area contributed by atoms with E-state index in [0.717, 1.165) is 17.1 Å². The van der Waals surface area contributed by atoms with Crippen LogP contribution in [0.1, 0.15) is 31.4 Å². The van der Waals surface area contributed by atoms with Gasteiger partial charge in [0, 0.05) is 22.1 Å². The molecule has 3 heteroatoms. The molecule has 0 heterocycles. The molecule has 1 atom stereocenters. The van der Waals surface area contributed by atoms with Gasteiger partial charge in [-0.3, -0.25) is 0 Å². The Kier molecular flexibility index (Phi) is 6.70. The Morgan fingerprint density at radius 2 is 2.22 bits per heavy atom. The summed E-state index contributed by atoms with van der Waals surface area (Å²) in [6.45, 7) is 4.84. The van der Waals surface area contributed by atoms with Crippen molar-refractivity contribution in [2.45, 2.75) is 31.3 Å². The van der Waals surface area contributed by atoms with Crippen molar-refractivity contribution in [3.8, 4) is 17.6 Å². The van der Waals surface area contributed by atoms with E-state index >= 15 is 0 Å². The summed E-state index contributed by atoms with van der Waals surface area (Å²) >= 11 is 1.94. The van der Waals surface area contributed by atoms with E-state index in [4.69, 9.17) is 10.5 Å². The van der Waals surface area contributed by atoms with Gasteiger partial charge in [0.1, 0.15) is 5.75 Å². The van der Waals surface area contributed by atoms with Crippen molar-refractivity contribution in [3.05, 3.63) is 29.3 Å². The molecule has 98 valence electrons. The van der Waals surface area contributed by atoms with Gasteiger partial charge in [0.25, 0.3) is 0 Å². The molecule has 0 spiro atoms. The molecule has 1 unspecified atom stereocenters. The third kappa shape index (κ3) is 4.64. The predicted octanol–water partition coefficient (Wildman–Crippen LogP) is 3.04. The predicted molar refractivity (Wildman–Crippen MR) is 80.0 cm³/mol. The number of hydrogen-bond donors (Lipinski definition) is 1. The number of rotatable bonds is 5. The molecular formula is C15H21NOS. The first-order valence-corrected chi connectivity index (χ1v) is 7.23. The Morgan fingerprint density at radius 1 is 1.44 bits per heavy atom. The van der Waals surface area contributed by atoms with Gasteiger partial charge in [0.15, 0.2) is 0 Å². The summed E-state index contributed by atoms with van der Waals surface area (Å²) in [5.41, 5.74) is 7.59. The third-order valence-electron chi connectivity index (χ3n) is 2.71. The molecule has 1 rings (SSSR count). The molecule has 0 saturated heterocycles. The van der Waals surface area contributed by atoms with Gasteiger partial charge in [-0.25, -0.2) is 0 Å². The fourth-order valence-corrected chi connectivity index (χ4v) is 2.40. The molecule has 0 amide bonds. The molecule has 0 aliphatic heterocycles. The minimum absolute atomic E-state index is 0.392. The monoisotopic (exact) mass is 263 g/mol. The van der Waals surface area contributed by atoms with Gasteiger partial charge < -0.3 is 10.5 Å². The van der Waals surface area contributed by atoms with Gasteiger partial charge in [-0.05, 0) is 24.6 Å².